The molecule has 4 aromatic rings. The zero-order valence-electron chi connectivity index (χ0n) is 18.7. The van der Waals surface area contributed by atoms with Gasteiger partial charge in [0.05, 0.1) is 29.1 Å². The van der Waals surface area contributed by atoms with Crippen LogP contribution in [0.25, 0.3) is 15.9 Å². The first-order chi connectivity index (χ1) is 16.7. The molecule has 174 valence electrons. The Morgan fingerprint density at radius 2 is 1.94 bits per heavy atom. The van der Waals surface area contributed by atoms with Crippen molar-refractivity contribution in [2.24, 2.45) is 0 Å². The Bertz CT molecular complexity index is 1420. The van der Waals surface area contributed by atoms with E-state index < -0.39 is 0 Å². The second kappa shape index (κ2) is 9.03. The predicted octanol–water partition coefficient (Wildman–Crippen LogP) is 4.98. The van der Waals surface area contributed by atoms with Gasteiger partial charge in [-0.15, -0.1) is 11.3 Å². The van der Waals surface area contributed by atoms with Crippen LogP contribution in [0.2, 0.25) is 0 Å². The fourth-order valence-electron chi connectivity index (χ4n) is 5.09. The number of carbonyl (C=O) groups is 1. The van der Waals surface area contributed by atoms with Crippen molar-refractivity contribution in [2.45, 2.75) is 56.1 Å². The molecule has 3 heterocycles. The smallest absolute Gasteiger partial charge is 0.267 e. The van der Waals surface area contributed by atoms with Gasteiger partial charge in [-0.3, -0.25) is 14.2 Å². The van der Waals surface area contributed by atoms with E-state index in [0.717, 1.165) is 59.4 Å². The Balaban J connectivity index is 1.29. The molecule has 7 nitrogen and oxygen atoms in total. The highest BCUT2D eigenvalue weighted by Crippen LogP contribution is 2.36. The number of nitrogens with zero attached hydrogens (tertiary/aromatic N) is 4. The summed E-state index contributed by atoms with van der Waals surface area (Å²) in [5.74, 6) is 0.759. The molecule has 0 radical (unpaired) electrons. The van der Waals surface area contributed by atoms with Crippen LogP contribution in [-0.2, 0) is 17.6 Å². The van der Waals surface area contributed by atoms with Crippen LogP contribution in [-0.4, -0.2) is 31.0 Å². The molecule has 1 fully saturated rings. The molecule has 34 heavy (non-hydrogen) atoms. The highest BCUT2D eigenvalue weighted by Gasteiger charge is 2.25. The fourth-order valence-corrected chi connectivity index (χ4v) is 7.20. The van der Waals surface area contributed by atoms with Gasteiger partial charge in [-0.1, -0.05) is 42.8 Å². The summed E-state index contributed by atoms with van der Waals surface area (Å²) in [7, 11) is 0. The Morgan fingerprint density at radius 3 is 2.76 bits per heavy atom. The topological polar surface area (TPSA) is 81.8 Å². The first-order valence-corrected chi connectivity index (χ1v) is 13.6. The van der Waals surface area contributed by atoms with Gasteiger partial charge in [-0.2, -0.15) is 5.10 Å². The molecule has 3 aromatic heterocycles. The zero-order valence-corrected chi connectivity index (χ0v) is 20.3. The van der Waals surface area contributed by atoms with Crippen molar-refractivity contribution in [1.82, 2.24) is 19.3 Å². The summed E-state index contributed by atoms with van der Waals surface area (Å²) in [6.45, 7) is 0. The molecule has 0 atom stereocenters. The summed E-state index contributed by atoms with van der Waals surface area (Å²) >= 11 is 2.92. The van der Waals surface area contributed by atoms with Crippen molar-refractivity contribution in [2.75, 3.05) is 11.1 Å². The maximum Gasteiger partial charge on any atom is 0.267 e. The van der Waals surface area contributed by atoms with Crippen LogP contribution in [0.3, 0.4) is 0 Å². The largest absolute Gasteiger partial charge is 0.310 e. The number of hydrogen-bond acceptors (Lipinski definition) is 6. The summed E-state index contributed by atoms with van der Waals surface area (Å²) in [6.07, 6.45) is 9.37. The number of anilines is 1. The molecule has 0 saturated heterocycles. The summed E-state index contributed by atoms with van der Waals surface area (Å²) < 4.78 is 3.60. The van der Waals surface area contributed by atoms with Gasteiger partial charge >= 0.3 is 0 Å². The molecular formula is C25H25N5O2S2. The monoisotopic (exact) mass is 491 g/mol. The molecule has 2 aliphatic carbocycles. The van der Waals surface area contributed by atoms with Crippen molar-refractivity contribution in [1.29, 1.82) is 0 Å². The van der Waals surface area contributed by atoms with E-state index in [1.54, 1.807) is 22.1 Å². The highest BCUT2D eigenvalue weighted by molar-refractivity contribution is 7.99. The van der Waals surface area contributed by atoms with E-state index >= 15 is 0 Å². The van der Waals surface area contributed by atoms with Gasteiger partial charge in [0.25, 0.3) is 5.56 Å². The molecule has 0 unspecified atom stereocenters. The Morgan fingerprint density at radius 1 is 1.12 bits per heavy atom. The van der Waals surface area contributed by atoms with Crippen LogP contribution in [0.5, 0.6) is 0 Å². The minimum atomic E-state index is -0.132. The minimum absolute atomic E-state index is 0.0437. The number of aromatic nitrogens is 4. The van der Waals surface area contributed by atoms with E-state index in [9.17, 15) is 9.59 Å². The summed E-state index contributed by atoms with van der Waals surface area (Å²) in [5, 5.41) is 8.73. The lowest BCUT2D eigenvalue weighted by atomic mass is 10.2. The second-order valence-corrected chi connectivity index (χ2v) is 10.9. The van der Waals surface area contributed by atoms with Crippen LogP contribution in [0.4, 0.5) is 5.82 Å². The second-order valence-electron chi connectivity index (χ2n) is 8.84. The molecule has 1 aromatic carbocycles. The van der Waals surface area contributed by atoms with Gasteiger partial charge < -0.3 is 5.32 Å². The number of fused-ring (bicyclic) bond motifs is 3. The fraction of sp³-hybridized carbons (Fsp3) is 0.360. The summed E-state index contributed by atoms with van der Waals surface area (Å²) in [5.41, 5.74) is 1.89. The third-order valence-corrected chi connectivity index (χ3v) is 8.79. The normalized spacial score (nSPS) is 15.8. The van der Waals surface area contributed by atoms with Gasteiger partial charge in [0.15, 0.2) is 5.16 Å². The molecule has 1 amide bonds. The SMILES string of the molecule is O=C(CSc1nc2sc3c(c2c(=O)n1-c1ccccc1)CCC3)Nc1ccnn1C1CCCC1. The van der Waals surface area contributed by atoms with Gasteiger partial charge in [0.1, 0.15) is 10.6 Å². The van der Waals surface area contributed by atoms with Gasteiger partial charge in [0, 0.05) is 10.9 Å². The number of para-hydroxylation sites is 1. The maximum atomic E-state index is 13.7. The van der Waals surface area contributed by atoms with Crippen LogP contribution < -0.4 is 10.9 Å². The van der Waals surface area contributed by atoms with E-state index in [-0.39, 0.29) is 17.2 Å². The van der Waals surface area contributed by atoms with Crippen molar-refractivity contribution in [3.8, 4) is 5.69 Å². The molecule has 0 aliphatic heterocycles. The van der Waals surface area contributed by atoms with E-state index in [1.807, 2.05) is 41.1 Å². The maximum absolute atomic E-state index is 13.7. The zero-order chi connectivity index (χ0) is 23.1. The van der Waals surface area contributed by atoms with Gasteiger partial charge in [-0.25, -0.2) is 9.67 Å². The number of aryl methyl sites for hydroxylation is 2. The van der Waals surface area contributed by atoms with Crippen molar-refractivity contribution >= 4 is 45.0 Å². The number of carbonyl (C=O) groups excluding carboxylic acids is 1. The van der Waals surface area contributed by atoms with Crippen molar-refractivity contribution < 1.29 is 4.79 Å². The number of amides is 1. The highest BCUT2D eigenvalue weighted by atomic mass is 32.2. The van der Waals surface area contributed by atoms with Crippen LogP contribution in [0.15, 0.2) is 52.5 Å². The van der Waals surface area contributed by atoms with Crippen molar-refractivity contribution in [3.05, 3.63) is 63.4 Å². The molecule has 1 N–H and O–H groups in total. The predicted molar refractivity (Wildman–Crippen MR) is 136 cm³/mol. The Kier molecular flexibility index (Phi) is 5.74. The molecule has 6 rings (SSSR count). The lowest BCUT2D eigenvalue weighted by Crippen LogP contribution is -2.23. The lowest BCUT2D eigenvalue weighted by molar-refractivity contribution is -0.113. The summed E-state index contributed by atoms with van der Waals surface area (Å²) in [6, 6.07) is 11.8. The molecule has 1 saturated carbocycles. The number of thioether (sulfide) groups is 1. The first-order valence-electron chi connectivity index (χ1n) is 11.8. The van der Waals surface area contributed by atoms with Crippen molar-refractivity contribution in [3.63, 3.8) is 0 Å². The van der Waals surface area contributed by atoms with Crippen LogP contribution in [0, 0.1) is 0 Å². The van der Waals surface area contributed by atoms with E-state index in [4.69, 9.17) is 4.98 Å². The third kappa shape index (κ3) is 3.86. The van der Waals surface area contributed by atoms with Crippen LogP contribution in [0.1, 0.15) is 48.6 Å². The van der Waals surface area contributed by atoms with Crippen LogP contribution >= 0.6 is 23.1 Å². The van der Waals surface area contributed by atoms with E-state index in [1.165, 1.54) is 29.5 Å². The third-order valence-electron chi connectivity index (χ3n) is 6.66. The Hall–Kier alpha value is -2.91. The summed E-state index contributed by atoms with van der Waals surface area (Å²) in [4.78, 5) is 33.5. The van der Waals surface area contributed by atoms with Gasteiger partial charge in [0.2, 0.25) is 5.91 Å². The quantitative estimate of drug-likeness (QED) is 0.304. The molecule has 0 spiro atoms. The average Bonchev–Trinajstić information content (AvgIpc) is 3.62. The average molecular weight is 492 g/mol. The molecular weight excluding hydrogens is 466 g/mol. The van der Waals surface area contributed by atoms with Gasteiger partial charge in [-0.05, 0) is 49.8 Å². The lowest BCUT2D eigenvalue weighted by Gasteiger charge is -2.15. The number of thiophene rings is 1. The minimum Gasteiger partial charge on any atom is -0.310 e. The number of nitrogens with one attached hydrogen (secondary N) is 1. The number of rotatable bonds is 6. The molecule has 9 heteroatoms. The van der Waals surface area contributed by atoms with E-state index in [2.05, 4.69) is 10.4 Å². The number of hydrogen-bond donors (Lipinski definition) is 1. The molecule has 0 bridgehead atoms. The first kappa shape index (κ1) is 21.6. The van der Waals surface area contributed by atoms with E-state index in [0.29, 0.717) is 11.2 Å². The Labute approximate surface area is 205 Å². The standard InChI is InChI=1S/C25H25N5O2S2/c31-21(27-20-13-14-26-30(20)17-9-4-5-10-17)15-33-25-28-23-22(18-11-6-12-19(18)34-23)24(32)29(25)16-7-2-1-3-8-16/h1-3,7-8,13-14,17H,4-6,9-12,15H2,(H,27,31). The number of benzene rings is 1. The molecule has 2 aliphatic rings.